The fourth-order valence-corrected chi connectivity index (χ4v) is 1.20. The molecule has 0 fully saturated rings. The Bertz CT molecular complexity index is 185. The summed E-state index contributed by atoms with van der Waals surface area (Å²) < 4.78 is 24.3. The molecule has 0 atom stereocenters. The molecular formula is C4H7Cl2O4P. The molecule has 4 nitrogen and oxygen atoms in total. The van der Waals surface area contributed by atoms with Gasteiger partial charge < -0.3 is 4.52 Å². The van der Waals surface area contributed by atoms with Crippen LogP contribution in [0.25, 0.3) is 0 Å². The number of halogens is 2. The minimum atomic E-state index is -3.54. The van der Waals surface area contributed by atoms with Crippen LogP contribution in [0.15, 0.2) is 10.8 Å². The fourth-order valence-electron chi connectivity index (χ4n) is 0.276. The topological polar surface area (TPSA) is 44.8 Å². The van der Waals surface area contributed by atoms with Crippen LogP contribution in [-0.2, 0) is 18.1 Å². The number of hydrogen-bond acceptors (Lipinski definition) is 4. The third-order valence-corrected chi connectivity index (χ3v) is 2.65. The zero-order valence-corrected chi connectivity index (χ0v) is 8.32. The van der Waals surface area contributed by atoms with Crippen LogP contribution in [0.4, 0.5) is 0 Å². The molecule has 0 radical (unpaired) electrons. The average Bonchev–Trinajstić information content (AvgIpc) is 2.04. The van der Waals surface area contributed by atoms with Crippen LogP contribution >= 0.6 is 31.0 Å². The first-order valence-electron chi connectivity index (χ1n) is 2.45. The average molecular weight is 221 g/mol. The lowest BCUT2D eigenvalue weighted by molar-refractivity contribution is 0.190. The minimum Gasteiger partial charge on any atom is -0.391 e. The van der Waals surface area contributed by atoms with Crippen molar-refractivity contribution in [1.29, 1.82) is 0 Å². The molecule has 7 heteroatoms. The first-order valence-corrected chi connectivity index (χ1v) is 4.72. The zero-order chi connectivity index (χ0) is 8.91. The van der Waals surface area contributed by atoms with E-state index in [4.69, 9.17) is 23.2 Å². The Morgan fingerprint density at radius 3 is 2.18 bits per heavy atom. The first-order chi connectivity index (χ1) is 5.08. The maximum Gasteiger partial charge on any atom is 0.530 e. The third-order valence-electron chi connectivity index (χ3n) is 0.732. The number of hydrogen-bond donors (Lipinski definition) is 0. The van der Waals surface area contributed by atoms with Crippen molar-refractivity contribution in [3.63, 3.8) is 0 Å². The second-order valence-corrected chi connectivity index (χ2v) is 3.71. The van der Waals surface area contributed by atoms with Gasteiger partial charge in [0.2, 0.25) is 5.22 Å². The predicted octanol–water partition coefficient (Wildman–Crippen LogP) is 2.68. The Kier molecular flexibility index (Phi) is 5.13. The maximum absolute atomic E-state index is 11.1. The quantitative estimate of drug-likeness (QED) is 0.540. The van der Waals surface area contributed by atoms with E-state index >= 15 is 0 Å². The van der Waals surface area contributed by atoms with Gasteiger partial charge in [-0.15, -0.1) is 0 Å². The molecule has 0 aliphatic rings. The molecule has 0 saturated carbocycles. The Hall–Kier alpha value is 0.270. The zero-order valence-electron chi connectivity index (χ0n) is 5.91. The van der Waals surface area contributed by atoms with Crippen molar-refractivity contribution in [2.75, 3.05) is 14.2 Å². The highest BCUT2D eigenvalue weighted by Crippen LogP contribution is 2.50. The summed E-state index contributed by atoms with van der Waals surface area (Å²) >= 11 is 10.4. The molecule has 0 N–H and O–H groups in total. The minimum absolute atomic E-state index is 0.251. The molecule has 0 aliphatic carbocycles. The Balaban J connectivity index is 4.20. The molecule has 0 bridgehead atoms. The van der Waals surface area contributed by atoms with Crippen LogP contribution in [-0.4, -0.2) is 14.2 Å². The van der Waals surface area contributed by atoms with Gasteiger partial charge in [-0.2, -0.15) is 0 Å². The van der Waals surface area contributed by atoms with Gasteiger partial charge in [-0.05, 0) is 11.6 Å². The standard InChI is InChI=1S/C4H7Cl2O4P/c1-8-11(7,9-2)10-4(6)3-5/h3H,1-2H3/b4-3+. The van der Waals surface area contributed by atoms with E-state index in [-0.39, 0.29) is 5.22 Å². The third kappa shape index (κ3) is 3.99. The summed E-state index contributed by atoms with van der Waals surface area (Å²) in [5.74, 6) is 0. The molecule has 0 aromatic heterocycles. The van der Waals surface area contributed by atoms with E-state index in [1.807, 2.05) is 0 Å². The van der Waals surface area contributed by atoms with Crippen LogP contribution in [0.2, 0.25) is 0 Å². The molecular weight excluding hydrogens is 214 g/mol. The van der Waals surface area contributed by atoms with Gasteiger partial charge in [0.25, 0.3) is 0 Å². The molecule has 0 unspecified atom stereocenters. The first kappa shape index (κ1) is 11.3. The summed E-state index contributed by atoms with van der Waals surface area (Å²) in [6, 6.07) is 0. The Morgan fingerprint density at radius 2 is 1.91 bits per heavy atom. The Morgan fingerprint density at radius 1 is 1.45 bits per heavy atom. The van der Waals surface area contributed by atoms with Gasteiger partial charge in [-0.1, -0.05) is 11.6 Å². The van der Waals surface area contributed by atoms with Gasteiger partial charge in [-0.25, -0.2) is 4.57 Å². The highest BCUT2D eigenvalue weighted by molar-refractivity contribution is 7.48. The fraction of sp³-hybridized carbons (Fsp3) is 0.500. The van der Waals surface area contributed by atoms with Crippen LogP contribution in [0.5, 0.6) is 0 Å². The Labute approximate surface area is 74.6 Å². The SMILES string of the molecule is COP(=O)(OC)O/C(Cl)=C/Cl. The lowest BCUT2D eigenvalue weighted by atomic mass is 11.2. The lowest BCUT2D eigenvalue weighted by Gasteiger charge is -2.11. The van der Waals surface area contributed by atoms with E-state index in [1.54, 1.807) is 0 Å². The predicted molar refractivity (Wildman–Crippen MR) is 42.5 cm³/mol. The van der Waals surface area contributed by atoms with Gasteiger partial charge in [0.1, 0.15) is 0 Å². The summed E-state index contributed by atoms with van der Waals surface area (Å²) in [5, 5.41) is -0.251. The molecule has 0 heterocycles. The highest BCUT2D eigenvalue weighted by atomic mass is 35.5. The monoisotopic (exact) mass is 220 g/mol. The smallest absolute Gasteiger partial charge is 0.391 e. The van der Waals surface area contributed by atoms with Crippen LogP contribution in [0, 0.1) is 0 Å². The van der Waals surface area contributed by atoms with E-state index in [0.717, 1.165) is 5.54 Å². The van der Waals surface area contributed by atoms with Gasteiger partial charge in [0.05, 0.1) is 5.54 Å². The summed E-state index contributed by atoms with van der Waals surface area (Å²) in [4.78, 5) is 0. The van der Waals surface area contributed by atoms with Gasteiger partial charge in [0.15, 0.2) is 0 Å². The summed E-state index contributed by atoms with van der Waals surface area (Å²) in [5.41, 5.74) is 0.909. The van der Waals surface area contributed by atoms with E-state index in [2.05, 4.69) is 13.6 Å². The van der Waals surface area contributed by atoms with E-state index in [9.17, 15) is 4.57 Å². The number of phosphoric acid groups is 1. The van der Waals surface area contributed by atoms with Crippen molar-refractivity contribution in [2.24, 2.45) is 0 Å². The summed E-state index contributed by atoms with van der Waals surface area (Å²) in [7, 11) is -1.20. The lowest BCUT2D eigenvalue weighted by Crippen LogP contribution is -1.91. The maximum atomic E-state index is 11.1. The molecule has 0 rings (SSSR count). The molecule has 11 heavy (non-hydrogen) atoms. The largest absolute Gasteiger partial charge is 0.530 e. The van der Waals surface area contributed by atoms with Crippen molar-refractivity contribution in [3.8, 4) is 0 Å². The normalized spacial score (nSPS) is 13.3. The van der Waals surface area contributed by atoms with E-state index in [0.29, 0.717) is 0 Å². The summed E-state index contributed by atoms with van der Waals surface area (Å²) in [6.45, 7) is 0. The van der Waals surface area contributed by atoms with Gasteiger partial charge in [0, 0.05) is 14.2 Å². The van der Waals surface area contributed by atoms with E-state index in [1.165, 1.54) is 14.2 Å². The second-order valence-electron chi connectivity index (χ2n) is 1.32. The van der Waals surface area contributed by atoms with Gasteiger partial charge >= 0.3 is 7.82 Å². The number of phosphoric ester groups is 1. The van der Waals surface area contributed by atoms with Crippen molar-refractivity contribution in [2.45, 2.75) is 0 Å². The van der Waals surface area contributed by atoms with Crippen LogP contribution < -0.4 is 0 Å². The van der Waals surface area contributed by atoms with Crippen molar-refractivity contribution in [3.05, 3.63) is 10.8 Å². The molecule has 66 valence electrons. The second kappa shape index (κ2) is 5.01. The summed E-state index contributed by atoms with van der Waals surface area (Å²) in [6.07, 6.45) is 0. The molecule has 0 spiro atoms. The van der Waals surface area contributed by atoms with Crippen LogP contribution in [0.1, 0.15) is 0 Å². The molecule has 0 amide bonds. The molecule has 0 aromatic carbocycles. The van der Waals surface area contributed by atoms with Gasteiger partial charge in [-0.3, -0.25) is 9.05 Å². The van der Waals surface area contributed by atoms with Crippen molar-refractivity contribution < 1.29 is 18.1 Å². The number of rotatable bonds is 4. The molecule has 0 aliphatic heterocycles. The van der Waals surface area contributed by atoms with Crippen LogP contribution in [0.3, 0.4) is 0 Å². The molecule has 0 aromatic rings. The van der Waals surface area contributed by atoms with Crippen molar-refractivity contribution in [1.82, 2.24) is 0 Å². The van der Waals surface area contributed by atoms with E-state index < -0.39 is 7.82 Å². The highest BCUT2D eigenvalue weighted by Gasteiger charge is 2.24. The van der Waals surface area contributed by atoms with Crippen molar-refractivity contribution >= 4 is 31.0 Å². The molecule has 0 saturated heterocycles.